The summed E-state index contributed by atoms with van der Waals surface area (Å²) in [4.78, 5) is 0. The predicted molar refractivity (Wildman–Crippen MR) is 253 cm³/mol. The number of unbranched alkanes of at least 4 members (excludes halogenated alkanes) is 1. The van der Waals surface area contributed by atoms with Crippen LogP contribution in [0.15, 0.2) is 93.8 Å². The van der Waals surface area contributed by atoms with Gasteiger partial charge in [-0.05, 0) is 0 Å². The average Bonchev–Trinajstić information content (AvgIpc) is 3.67. The molecular weight excluding hydrogens is 847 g/mol. The van der Waals surface area contributed by atoms with Gasteiger partial charge >= 0.3 is 366 Å². The van der Waals surface area contributed by atoms with Crippen molar-refractivity contribution in [2.24, 2.45) is 11.3 Å². The van der Waals surface area contributed by atoms with Crippen LogP contribution < -0.4 is 24.8 Å². The van der Waals surface area contributed by atoms with Crippen LogP contribution in [0.25, 0.3) is 11.1 Å². The molecule has 322 valence electrons. The second-order valence-corrected chi connectivity index (χ2v) is 29.2. The Morgan fingerprint density at radius 2 is 0.883 bits per heavy atom. The van der Waals surface area contributed by atoms with E-state index < -0.39 is 21.3 Å². The van der Waals surface area contributed by atoms with Gasteiger partial charge in [-0.25, -0.2) is 0 Å². The fourth-order valence-corrected chi connectivity index (χ4v) is 19.1. The third kappa shape index (κ3) is 10.2. The van der Waals surface area contributed by atoms with Crippen LogP contribution in [0.1, 0.15) is 189 Å². The molecule has 0 bridgehead atoms. The Bertz CT molecular complexity index is 2150. The van der Waals surface area contributed by atoms with Crippen molar-refractivity contribution in [1.29, 1.82) is 0 Å². The van der Waals surface area contributed by atoms with E-state index >= 15 is 0 Å². The Balaban J connectivity index is 0.00000397. The van der Waals surface area contributed by atoms with Crippen molar-refractivity contribution < 1.29 is 46.1 Å². The molecule has 0 radical (unpaired) electrons. The van der Waals surface area contributed by atoms with Crippen LogP contribution in [0.2, 0.25) is 0 Å². The van der Waals surface area contributed by atoms with Crippen molar-refractivity contribution in [2.45, 2.75) is 169 Å². The van der Waals surface area contributed by atoms with Crippen LogP contribution in [0.5, 0.6) is 0 Å². The molecule has 0 spiro atoms. The summed E-state index contributed by atoms with van der Waals surface area (Å²) in [6.07, 6.45) is 9.17. The number of halogens is 2. The number of aryl methyl sites for hydroxylation is 2. The third-order valence-electron chi connectivity index (χ3n) is 12.9. The molecule has 60 heavy (non-hydrogen) atoms. The maximum Gasteiger partial charge on any atom is -1.00 e. The number of hydrogen-bond donors (Lipinski definition) is 0. The minimum absolute atomic E-state index is 0. The first kappa shape index (κ1) is 50.3. The minimum atomic E-state index is -3.11. The van der Waals surface area contributed by atoms with Crippen molar-refractivity contribution in [3.8, 4) is 11.1 Å². The second kappa shape index (κ2) is 18.1. The molecule has 0 nitrogen and oxygen atoms in total. The number of fused-ring (bicyclic) bond motifs is 3. The molecule has 1 unspecified atom stereocenters. The summed E-state index contributed by atoms with van der Waals surface area (Å²) < 4.78 is 3.77. The Morgan fingerprint density at radius 1 is 0.517 bits per heavy atom. The van der Waals surface area contributed by atoms with Crippen LogP contribution in [0.4, 0.5) is 0 Å². The molecule has 0 aromatic heterocycles. The van der Waals surface area contributed by atoms with Crippen LogP contribution in [-0.4, -0.2) is 3.21 Å². The molecule has 4 aromatic carbocycles. The molecular formula is C57H76Cl2Zr. The largest absolute Gasteiger partial charge is 1.00 e. The number of benzene rings is 4. The zero-order chi connectivity index (χ0) is 42.9. The van der Waals surface area contributed by atoms with Gasteiger partial charge in [0.05, 0.1) is 0 Å². The van der Waals surface area contributed by atoms with E-state index in [0.29, 0.717) is 9.54 Å². The van der Waals surface area contributed by atoms with Gasteiger partial charge in [0.2, 0.25) is 0 Å². The van der Waals surface area contributed by atoms with Gasteiger partial charge in [-0.3, -0.25) is 0 Å². The molecule has 4 aromatic rings. The van der Waals surface area contributed by atoms with Crippen LogP contribution in [0, 0.1) is 25.2 Å². The molecule has 1 atom stereocenters. The molecule has 2 aliphatic carbocycles. The fourth-order valence-electron chi connectivity index (χ4n) is 9.55. The summed E-state index contributed by atoms with van der Waals surface area (Å²) in [7, 11) is 0. The summed E-state index contributed by atoms with van der Waals surface area (Å²) in [6, 6.07) is 30.1. The summed E-state index contributed by atoms with van der Waals surface area (Å²) in [6.45, 7) is 43.3. The van der Waals surface area contributed by atoms with Gasteiger partial charge in [0, 0.05) is 0 Å². The van der Waals surface area contributed by atoms with Gasteiger partial charge < -0.3 is 24.8 Å². The van der Waals surface area contributed by atoms with E-state index in [1.54, 1.807) is 17.6 Å². The topological polar surface area (TPSA) is 0 Å². The minimum Gasteiger partial charge on any atom is -1.00 e. The van der Waals surface area contributed by atoms with Crippen LogP contribution in [0.3, 0.4) is 0 Å². The molecule has 0 N–H and O–H groups in total. The Hall–Kier alpha value is -2.31. The quantitative estimate of drug-likeness (QED) is 0.173. The van der Waals surface area contributed by atoms with E-state index in [9.17, 15) is 0 Å². The van der Waals surface area contributed by atoms with Crippen LogP contribution in [-0.2, 0) is 42.9 Å². The fraction of sp³-hybridized carbons (Fsp3) is 0.491. The van der Waals surface area contributed by atoms with E-state index in [0.717, 1.165) is 0 Å². The summed E-state index contributed by atoms with van der Waals surface area (Å²) in [5.74, 6) is 0.467. The number of allylic oxidation sites excluding steroid dienone is 4. The van der Waals surface area contributed by atoms with E-state index in [-0.39, 0.29) is 51.9 Å². The summed E-state index contributed by atoms with van der Waals surface area (Å²) in [5, 5.41) is 0. The second-order valence-electron chi connectivity index (χ2n) is 23.1. The normalized spacial score (nSPS) is 15.6. The number of rotatable bonds is 7. The standard InChI is InChI=1S/C29H41.C15H14.C13H21.2ClH.Zr/c1-26(2,3)22-14-18-13-19-15-23(27(4,5)6)25(29(10,11)12)17-21(19)20(18)16-24(22)28(7,8)9;1-12-3-7-14(8-4-12)11-15-9-5-13(2)6-10-15;1-5-6-7-11-8-9-12(10-11)13(2,3)4;;;/h13-17H,1-12H3;3-10H,1-2H3;9-11H,5-7H2,1-4H3;2*1H;/q;;;;;+2/p-2. The zero-order valence-electron chi connectivity index (χ0n) is 40.6. The van der Waals surface area contributed by atoms with Gasteiger partial charge in [0.1, 0.15) is 0 Å². The molecule has 0 saturated heterocycles. The van der Waals surface area contributed by atoms with Gasteiger partial charge in [-0.15, -0.1) is 0 Å². The molecule has 0 fully saturated rings. The van der Waals surface area contributed by atoms with Crippen molar-refractivity contribution in [2.75, 3.05) is 0 Å². The third-order valence-corrected chi connectivity index (χ3v) is 21.4. The Labute approximate surface area is 387 Å². The van der Waals surface area contributed by atoms with Crippen molar-refractivity contribution in [1.82, 2.24) is 0 Å². The SMILES string of the molecule is CCCCC1C=C(C(C)(C)C)C=[C]1[Zr+2](=[C](c1ccc(C)cc1)c1ccc(C)cc1)[CH]1c2cc(C(C)(C)C)c(C(C)(C)C)cc2-c2cc(C(C)(C)C)c(C(C)(C)C)cc21.[Cl-].[Cl-]. The molecule has 0 heterocycles. The molecule has 2 aliphatic rings. The average molecular weight is 923 g/mol. The molecule has 0 aliphatic heterocycles. The molecule has 3 heteroatoms. The van der Waals surface area contributed by atoms with Crippen molar-refractivity contribution in [3.63, 3.8) is 0 Å². The van der Waals surface area contributed by atoms with Gasteiger partial charge in [-0.1, -0.05) is 0 Å². The number of hydrogen-bond acceptors (Lipinski definition) is 0. The van der Waals surface area contributed by atoms with Gasteiger partial charge in [0.25, 0.3) is 0 Å². The Morgan fingerprint density at radius 3 is 1.22 bits per heavy atom. The first-order valence-corrected chi connectivity index (χ1v) is 26.3. The smallest absolute Gasteiger partial charge is 1.00 e. The summed E-state index contributed by atoms with van der Waals surface area (Å²) in [5.41, 5.74) is 19.3. The molecule has 0 amide bonds. The first-order chi connectivity index (χ1) is 26.7. The monoisotopic (exact) mass is 920 g/mol. The van der Waals surface area contributed by atoms with E-state index in [4.69, 9.17) is 0 Å². The van der Waals surface area contributed by atoms with Crippen LogP contribution >= 0.6 is 0 Å². The molecule has 0 saturated carbocycles. The predicted octanol–water partition coefficient (Wildman–Crippen LogP) is 10.1. The first-order valence-electron chi connectivity index (χ1n) is 22.4. The van der Waals surface area contributed by atoms with Crippen molar-refractivity contribution in [3.05, 3.63) is 149 Å². The molecule has 6 rings (SSSR count). The maximum absolute atomic E-state index is 3.11. The van der Waals surface area contributed by atoms with E-state index in [2.05, 4.69) is 210 Å². The zero-order valence-corrected chi connectivity index (χ0v) is 44.6. The Kier molecular flexibility index (Phi) is 15.1. The summed E-state index contributed by atoms with van der Waals surface area (Å²) >= 11 is -3.11. The van der Waals surface area contributed by atoms with E-state index in [1.165, 1.54) is 80.5 Å². The van der Waals surface area contributed by atoms with Crippen molar-refractivity contribution >= 4 is 3.21 Å². The van der Waals surface area contributed by atoms with Gasteiger partial charge in [0.15, 0.2) is 0 Å². The van der Waals surface area contributed by atoms with Gasteiger partial charge in [-0.2, -0.15) is 0 Å². The van der Waals surface area contributed by atoms with E-state index in [1.807, 2.05) is 0 Å². The maximum atomic E-state index is 2.76.